The van der Waals surface area contributed by atoms with Crippen molar-refractivity contribution in [1.29, 1.82) is 0 Å². The molecule has 0 aliphatic rings. The SMILES string of the molecule is CCCCCCCC/C=C\CCCCCCCC(=O)OC(CCCCCC)CC(=O)O. The Hall–Kier alpha value is -1.32. The number of unbranched alkanes of at least 4 members (excludes halogenated alkanes) is 14. The molecule has 1 unspecified atom stereocenters. The maximum absolute atomic E-state index is 12.0. The molecule has 0 aliphatic heterocycles. The summed E-state index contributed by atoms with van der Waals surface area (Å²) in [5.74, 6) is -1.13. The van der Waals surface area contributed by atoms with Crippen LogP contribution in [0.3, 0.4) is 0 Å². The van der Waals surface area contributed by atoms with Gasteiger partial charge >= 0.3 is 11.9 Å². The van der Waals surface area contributed by atoms with Crippen LogP contribution in [0.25, 0.3) is 0 Å². The molecule has 0 amide bonds. The lowest BCUT2D eigenvalue weighted by Gasteiger charge is -2.16. The van der Waals surface area contributed by atoms with Gasteiger partial charge in [0.2, 0.25) is 0 Å². The number of carboxylic acids is 1. The van der Waals surface area contributed by atoms with Crippen molar-refractivity contribution in [3.8, 4) is 0 Å². The quantitative estimate of drug-likeness (QED) is 0.0988. The fourth-order valence-electron chi connectivity index (χ4n) is 3.78. The topological polar surface area (TPSA) is 63.6 Å². The number of carboxylic acid groups (broad SMARTS) is 1. The Kier molecular flexibility index (Phi) is 22.4. The summed E-state index contributed by atoms with van der Waals surface area (Å²) in [6.07, 6.45) is 25.4. The van der Waals surface area contributed by atoms with E-state index < -0.39 is 12.1 Å². The number of allylic oxidation sites excluding steroid dienone is 2. The molecule has 1 atom stereocenters. The highest BCUT2D eigenvalue weighted by molar-refractivity contribution is 5.71. The summed E-state index contributed by atoms with van der Waals surface area (Å²) in [4.78, 5) is 23.0. The van der Waals surface area contributed by atoms with E-state index in [4.69, 9.17) is 9.84 Å². The number of hydrogen-bond donors (Lipinski definition) is 1. The van der Waals surface area contributed by atoms with Crippen LogP contribution in [0, 0.1) is 0 Å². The molecule has 0 aromatic heterocycles. The first-order valence-corrected chi connectivity index (χ1v) is 13.2. The zero-order valence-corrected chi connectivity index (χ0v) is 20.5. The number of hydrogen-bond acceptors (Lipinski definition) is 3. The zero-order chi connectivity index (χ0) is 23.0. The van der Waals surface area contributed by atoms with E-state index in [1.54, 1.807) is 0 Å². The second kappa shape index (κ2) is 23.3. The Balaban J connectivity index is 3.61. The first-order valence-electron chi connectivity index (χ1n) is 13.2. The van der Waals surface area contributed by atoms with Crippen LogP contribution >= 0.6 is 0 Å². The molecule has 0 aromatic rings. The molecule has 1 N–H and O–H groups in total. The molecule has 0 rings (SSSR count). The molecule has 0 radical (unpaired) electrons. The average Bonchev–Trinajstić information content (AvgIpc) is 2.73. The number of carbonyl (C=O) groups excluding carboxylic acids is 1. The first-order chi connectivity index (χ1) is 15.1. The van der Waals surface area contributed by atoms with Gasteiger partial charge in [-0.3, -0.25) is 9.59 Å². The molecule has 0 spiro atoms. The number of aliphatic carboxylic acids is 1. The molecule has 0 saturated heterocycles. The predicted octanol–water partition coefficient (Wildman–Crippen LogP) is 8.38. The van der Waals surface area contributed by atoms with Crippen molar-refractivity contribution in [2.75, 3.05) is 0 Å². The summed E-state index contributed by atoms with van der Waals surface area (Å²) in [6, 6.07) is 0. The number of rotatable bonds is 23. The van der Waals surface area contributed by atoms with Crippen LogP contribution in [0.15, 0.2) is 12.2 Å². The van der Waals surface area contributed by atoms with Crippen LogP contribution in [-0.4, -0.2) is 23.1 Å². The van der Waals surface area contributed by atoms with Crippen molar-refractivity contribution in [3.63, 3.8) is 0 Å². The Morgan fingerprint density at radius 3 is 1.74 bits per heavy atom. The summed E-state index contributed by atoms with van der Waals surface area (Å²) in [6.45, 7) is 4.40. The van der Waals surface area contributed by atoms with E-state index in [0.717, 1.165) is 51.4 Å². The molecule has 0 saturated carbocycles. The molecule has 0 aliphatic carbocycles. The summed E-state index contributed by atoms with van der Waals surface area (Å²) in [5.41, 5.74) is 0. The molecule has 4 nitrogen and oxygen atoms in total. The van der Waals surface area contributed by atoms with Crippen molar-refractivity contribution in [2.24, 2.45) is 0 Å². The second-order valence-electron chi connectivity index (χ2n) is 8.89. The average molecular weight is 439 g/mol. The monoisotopic (exact) mass is 438 g/mol. The Morgan fingerprint density at radius 1 is 0.710 bits per heavy atom. The molecular weight excluding hydrogens is 388 g/mol. The third-order valence-electron chi connectivity index (χ3n) is 5.72. The molecule has 4 heteroatoms. The molecule has 182 valence electrons. The van der Waals surface area contributed by atoms with E-state index in [1.807, 2.05) is 0 Å². The van der Waals surface area contributed by atoms with Gasteiger partial charge in [-0.05, 0) is 44.9 Å². The van der Waals surface area contributed by atoms with Gasteiger partial charge in [0.15, 0.2) is 0 Å². The minimum atomic E-state index is -0.894. The maximum Gasteiger partial charge on any atom is 0.307 e. The standard InChI is InChI=1S/C27H50O4/c1-3-5-7-9-10-11-12-13-14-15-16-17-18-19-21-23-27(30)31-25(24-26(28)29)22-20-8-6-4-2/h13-14,25H,3-12,15-24H2,1-2H3,(H,28,29)/b14-13-. The minimum Gasteiger partial charge on any atom is -0.481 e. The van der Waals surface area contributed by atoms with Crippen LogP contribution in [0.1, 0.15) is 142 Å². The number of carbonyl (C=O) groups is 2. The van der Waals surface area contributed by atoms with Gasteiger partial charge in [0.1, 0.15) is 6.10 Å². The molecule has 0 heterocycles. The summed E-state index contributed by atoms with van der Waals surface area (Å²) in [7, 11) is 0. The lowest BCUT2D eigenvalue weighted by Crippen LogP contribution is -2.21. The Bertz CT molecular complexity index is 445. The third-order valence-corrected chi connectivity index (χ3v) is 5.72. The highest BCUT2D eigenvalue weighted by atomic mass is 16.5. The third kappa shape index (κ3) is 23.2. The lowest BCUT2D eigenvalue weighted by molar-refractivity contribution is -0.153. The zero-order valence-electron chi connectivity index (χ0n) is 20.5. The largest absolute Gasteiger partial charge is 0.481 e. The Labute approximate surface area is 192 Å². The molecule has 0 fully saturated rings. The smallest absolute Gasteiger partial charge is 0.307 e. The fraction of sp³-hybridized carbons (Fsp3) is 0.852. The normalized spacial score (nSPS) is 12.3. The van der Waals surface area contributed by atoms with Crippen LogP contribution in [0.2, 0.25) is 0 Å². The Morgan fingerprint density at radius 2 is 1.19 bits per heavy atom. The summed E-state index contributed by atoms with van der Waals surface area (Å²) >= 11 is 0. The number of esters is 1. The van der Waals surface area contributed by atoms with Crippen LogP contribution in [-0.2, 0) is 14.3 Å². The second-order valence-corrected chi connectivity index (χ2v) is 8.89. The van der Waals surface area contributed by atoms with Gasteiger partial charge in [0.05, 0.1) is 6.42 Å². The molecule has 0 bridgehead atoms. The van der Waals surface area contributed by atoms with Crippen molar-refractivity contribution < 1.29 is 19.4 Å². The highest BCUT2D eigenvalue weighted by Crippen LogP contribution is 2.14. The van der Waals surface area contributed by atoms with Gasteiger partial charge in [-0.1, -0.05) is 96.6 Å². The van der Waals surface area contributed by atoms with E-state index in [0.29, 0.717) is 12.8 Å². The molecular formula is C27H50O4. The van der Waals surface area contributed by atoms with Gasteiger partial charge in [0, 0.05) is 6.42 Å². The van der Waals surface area contributed by atoms with Crippen LogP contribution in [0.5, 0.6) is 0 Å². The van der Waals surface area contributed by atoms with Gasteiger partial charge in [-0.25, -0.2) is 0 Å². The van der Waals surface area contributed by atoms with Crippen molar-refractivity contribution in [1.82, 2.24) is 0 Å². The van der Waals surface area contributed by atoms with E-state index in [2.05, 4.69) is 26.0 Å². The van der Waals surface area contributed by atoms with Gasteiger partial charge in [-0.2, -0.15) is 0 Å². The molecule has 0 aromatic carbocycles. The van der Waals surface area contributed by atoms with Gasteiger partial charge in [0.25, 0.3) is 0 Å². The van der Waals surface area contributed by atoms with Crippen LogP contribution in [0.4, 0.5) is 0 Å². The van der Waals surface area contributed by atoms with E-state index in [-0.39, 0.29) is 12.4 Å². The first kappa shape index (κ1) is 29.7. The van der Waals surface area contributed by atoms with E-state index >= 15 is 0 Å². The van der Waals surface area contributed by atoms with Crippen LogP contribution < -0.4 is 0 Å². The van der Waals surface area contributed by atoms with Crippen molar-refractivity contribution in [3.05, 3.63) is 12.2 Å². The number of ether oxygens (including phenoxy) is 1. The fourth-order valence-corrected chi connectivity index (χ4v) is 3.78. The predicted molar refractivity (Wildman–Crippen MR) is 130 cm³/mol. The van der Waals surface area contributed by atoms with E-state index in [9.17, 15) is 9.59 Å². The van der Waals surface area contributed by atoms with E-state index in [1.165, 1.54) is 57.8 Å². The highest BCUT2D eigenvalue weighted by Gasteiger charge is 2.17. The van der Waals surface area contributed by atoms with Gasteiger partial charge in [-0.15, -0.1) is 0 Å². The summed E-state index contributed by atoms with van der Waals surface area (Å²) < 4.78 is 5.43. The minimum absolute atomic E-state index is 0.0791. The summed E-state index contributed by atoms with van der Waals surface area (Å²) in [5, 5.41) is 9.02. The van der Waals surface area contributed by atoms with Crippen molar-refractivity contribution in [2.45, 2.75) is 148 Å². The molecule has 31 heavy (non-hydrogen) atoms. The lowest BCUT2D eigenvalue weighted by atomic mass is 10.1. The van der Waals surface area contributed by atoms with Crippen molar-refractivity contribution >= 4 is 11.9 Å². The maximum atomic E-state index is 12.0. The van der Waals surface area contributed by atoms with Gasteiger partial charge < -0.3 is 9.84 Å².